The van der Waals surface area contributed by atoms with Gasteiger partial charge in [0.1, 0.15) is 0 Å². The molecule has 0 spiro atoms. The van der Waals surface area contributed by atoms with Crippen LogP contribution < -0.4 is 4.74 Å². The van der Waals surface area contributed by atoms with E-state index in [0.29, 0.717) is 17.6 Å². The molecule has 0 aromatic heterocycles. The third kappa shape index (κ3) is 2.44. The summed E-state index contributed by atoms with van der Waals surface area (Å²) in [7, 11) is 1.60. The molecular formula is C22H20O2. The maximum Gasteiger partial charge on any atom is 0.160 e. The Bertz CT molecular complexity index is 841. The Labute approximate surface area is 142 Å². The van der Waals surface area contributed by atoms with E-state index < -0.39 is 0 Å². The van der Waals surface area contributed by atoms with Crippen LogP contribution in [0, 0.1) is 0 Å². The molecular weight excluding hydrogens is 296 g/mol. The summed E-state index contributed by atoms with van der Waals surface area (Å²) in [4.78, 5) is 0. The zero-order valence-corrected chi connectivity index (χ0v) is 13.6. The Balaban J connectivity index is 1.86. The van der Waals surface area contributed by atoms with Crippen molar-refractivity contribution in [2.75, 3.05) is 7.11 Å². The van der Waals surface area contributed by atoms with Gasteiger partial charge in [-0.25, -0.2) is 0 Å². The third-order valence-corrected chi connectivity index (χ3v) is 5.01. The Kier molecular flexibility index (Phi) is 3.73. The molecule has 0 bridgehead atoms. The summed E-state index contributed by atoms with van der Waals surface area (Å²) >= 11 is 0. The van der Waals surface area contributed by atoms with Crippen molar-refractivity contribution in [2.24, 2.45) is 0 Å². The van der Waals surface area contributed by atoms with Crippen LogP contribution >= 0.6 is 0 Å². The molecule has 2 heteroatoms. The number of fused-ring (bicyclic) bond motifs is 1. The van der Waals surface area contributed by atoms with E-state index in [1.54, 1.807) is 7.11 Å². The van der Waals surface area contributed by atoms with Crippen molar-refractivity contribution in [1.82, 2.24) is 0 Å². The molecule has 3 aromatic rings. The number of benzene rings is 3. The number of hydrogen-bond acceptors (Lipinski definition) is 2. The van der Waals surface area contributed by atoms with E-state index in [2.05, 4.69) is 48.5 Å². The van der Waals surface area contributed by atoms with Gasteiger partial charge in [-0.2, -0.15) is 0 Å². The lowest BCUT2D eigenvalue weighted by Gasteiger charge is -2.13. The number of phenolic OH excluding ortho intramolecular Hbond substituents is 1. The van der Waals surface area contributed by atoms with E-state index in [4.69, 9.17) is 4.74 Å². The molecule has 1 aliphatic rings. The van der Waals surface area contributed by atoms with Crippen LogP contribution in [0.1, 0.15) is 40.5 Å². The summed E-state index contributed by atoms with van der Waals surface area (Å²) in [5.41, 5.74) is 5.06. The molecule has 0 saturated carbocycles. The summed E-state index contributed by atoms with van der Waals surface area (Å²) in [5.74, 6) is 1.37. The van der Waals surface area contributed by atoms with Gasteiger partial charge in [-0.15, -0.1) is 0 Å². The molecule has 1 N–H and O–H groups in total. The first kappa shape index (κ1) is 14.8. The summed E-state index contributed by atoms with van der Waals surface area (Å²) in [5, 5.41) is 10.3. The summed E-state index contributed by atoms with van der Waals surface area (Å²) in [6, 6.07) is 25.0. The van der Waals surface area contributed by atoms with Crippen molar-refractivity contribution in [3.05, 3.63) is 95.1 Å². The molecule has 24 heavy (non-hydrogen) atoms. The molecule has 1 aliphatic carbocycles. The first-order valence-corrected chi connectivity index (χ1v) is 8.28. The van der Waals surface area contributed by atoms with Crippen LogP contribution in [0.15, 0.2) is 72.8 Å². The van der Waals surface area contributed by atoms with Gasteiger partial charge in [-0.05, 0) is 40.8 Å². The zero-order chi connectivity index (χ0) is 16.5. The predicted molar refractivity (Wildman–Crippen MR) is 95.8 cm³/mol. The average molecular weight is 316 g/mol. The average Bonchev–Trinajstić information content (AvgIpc) is 3.00. The minimum atomic E-state index is 0.214. The van der Waals surface area contributed by atoms with Gasteiger partial charge in [0.15, 0.2) is 11.5 Å². The van der Waals surface area contributed by atoms with Gasteiger partial charge in [0.2, 0.25) is 0 Å². The maximum absolute atomic E-state index is 10.3. The number of hydrogen-bond donors (Lipinski definition) is 1. The van der Waals surface area contributed by atoms with Gasteiger partial charge in [-0.3, -0.25) is 0 Å². The summed E-state index contributed by atoms with van der Waals surface area (Å²) < 4.78 is 5.35. The first-order chi connectivity index (χ1) is 11.8. The van der Waals surface area contributed by atoms with Crippen molar-refractivity contribution in [1.29, 1.82) is 0 Å². The molecule has 0 saturated heterocycles. The molecule has 0 radical (unpaired) electrons. The highest BCUT2D eigenvalue weighted by Gasteiger charge is 2.34. The van der Waals surface area contributed by atoms with Crippen molar-refractivity contribution < 1.29 is 9.84 Å². The van der Waals surface area contributed by atoms with Crippen molar-refractivity contribution in [2.45, 2.75) is 18.3 Å². The number of methoxy groups -OCH3 is 1. The van der Waals surface area contributed by atoms with Crippen LogP contribution in [0.2, 0.25) is 0 Å². The van der Waals surface area contributed by atoms with E-state index in [-0.39, 0.29) is 5.75 Å². The monoisotopic (exact) mass is 316 g/mol. The number of rotatable bonds is 3. The van der Waals surface area contributed by atoms with Crippen LogP contribution in [0.3, 0.4) is 0 Å². The maximum atomic E-state index is 10.3. The second-order valence-corrected chi connectivity index (χ2v) is 6.32. The SMILES string of the molecule is COc1cc2c(cc1O)[C@H](c1ccccc1)C[C@@H]2c1ccccc1. The van der Waals surface area contributed by atoms with Crippen LogP contribution in [-0.2, 0) is 0 Å². The summed E-state index contributed by atoms with van der Waals surface area (Å²) in [6.07, 6.45) is 1.01. The van der Waals surface area contributed by atoms with Crippen LogP contribution in [0.25, 0.3) is 0 Å². The van der Waals surface area contributed by atoms with Crippen molar-refractivity contribution >= 4 is 0 Å². The Hall–Kier alpha value is -2.74. The highest BCUT2D eigenvalue weighted by molar-refractivity contribution is 5.56. The second kappa shape index (κ2) is 6.04. The third-order valence-electron chi connectivity index (χ3n) is 5.01. The van der Waals surface area contributed by atoms with E-state index in [0.717, 1.165) is 6.42 Å². The summed E-state index contributed by atoms with van der Waals surface area (Å²) in [6.45, 7) is 0. The van der Waals surface area contributed by atoms with Crippen molar-refractivity contribution in [3.63, 3.8) is 0 Å². The van der Waals surface area contributed by atoms with E-state index in [9.17, 15) is 5.11 Å². The molecule has 0 fully saturated rings. The normalized spacial score (nSPS) is 19.0. The highest BCUT2D eigenvalue weighted by Crippen LogP contribution is 2.50. The number of phenols is 1. The molecule has 2 nitrogen and oxygen atoms in total. The molecule has 2 atom stereocenters. The highest BCUT2D eigenvalue weighted by atomic mass is 16.5. The Morgan fingerprint density at radius 2 is 1.29 bits per heavy atom. The lowest BCUT2D eigenvalue weighted by molar-refractivity contribution is 0.372. The van der Waals surface area contributed by atoms with E-state index in [1.165, 1.54) is 22.3 Å². The van der Waals surface area contributed by atoms with Crippen LogP contribution in [-0.4, -0.2) is 12.2 Å². The predicted octanol–water partition coefficient (Wildman–Crippen LogP) is 5.07. The fourth-order valence-corrected chi connectivity index (χ4v) is 3.86. The molecule has 0 amide bonds. The fourth-order valence-electron chi connectivity index (χ4n) is 3.86. The van der Waals surface area contributed by atoms with Gasteiger partial charge >= 0.3 is 0 Å². The van der Waals surface area contributed by atoms with E-state index in [1.807, 2.05) is 24.3 Å². The molecule has 0 heterocycles. The van der Waals surface area contributed by atoms with Gasteiger partial charge in [-0.1, -0.05) is 60.7 Å². The van der Waals surface area contributed by atoms with Gasteiger partial charge < -0.3 is 9.84 Å². The number of aromatic hydroxyl groups is 1. The standard InChI is InChI=1S/C22H20O2/c1-24-22-14-20-18(16-10-6-3-7-11-16)12-17(19(20)13-21(22)23)15-8-4-2-5-9-15/h2-11,13-14,17-18,23H,12H2,1H3/t17-,18+/m0/s1. The Morgan fingerprint density at radius 1 is 0.792 bits per heavy atom. The molecule has 0 aliphatic heterocycles. The zero-order valence-electron chi connectivity index (χ0n) is 13.6. The van der Waals surface area contributed by atoms with E-state index >= 15 is 0 Å². The van der Waals surface area contributed by atoms with Crippen molar-refractivity contribution in [3.8, 4) is 11.5 Å². The molecule has 0 unspecified atom stereocenters. The van der Waals surface area contributed by atoms with Crippen LogP contribution in [0.4, 0.5) is 0 Å². The molecule has 3 aromatic carbocycles. The smallest absolute Gasteiger partial charge is 0.160 e. The van der Waals surface area contributed by atoms with Gasteiger partial charge in [0, 0.05) is 11.8 Å². The Morgan fingerprint density at radius 3 is 1.79 bits per heavy atom. The number of ether oxygens (including phenoxy) is 1. The lowest BCUT2D eigenvalue weighted by atomic mass is 9.91. The topological polar surface area (TPSA) is 29.5 Å². The minimum absolute atomic E-state index is 0.214. The van der Waals surface area contributed by atoms with Gasteiger partial charge in [0.25, 0.3) is 0 Å². The lowest BCUT2D eigenvalue weighted by Crippen LogP contribution is -1.97. The first-order valence-electron chi connectivity index (χ1n) is 8.28. The minimum Gasteiger partial charge on any atom is -0.504 e. The largest absolute Gasteiger partial charge is 0.504 e. The van der Waals surface area contributed by atoms with Gasteiger partial charge in [0.05, 0.1) is 7.11 Å². The fraction of sp³-hybridized carbons (Fsp3) is 0.182. The second-order valence-electron chi connectivity index (χ2n) is 6.32. The molecule has 120 valence electrons. The quantitative estimate of drug-likeness (QED) is 0.731. The molecule has 4 rings (SSSR count). The van der Waals surface area contributed by atoms with Crippen LogP contribution in [0.5, 0.6) is 11.5 Å².